The van der Waals surface area contributed by atoms with Crippen LogP contribution in [0.3, 0.4) is 0 Å². The first-order valence-corrected chi connectivity index (χ1v) is 8.17. The Bertz CT molecular complexity index is 601. The lowest BCUT2D eigenvalue weighted by atomic mass is 10.1. The summed E-state index contributed by atoms with van der Waals surface area (Å²) in [6.07, 6.45) is 1.87. The summed E-state index contributed by atoms with van der Waals surface area (Å²) in [6, 6.07) is 10.4. The molecule has 0 fully saturated rings. The summed E-state index contributed by atoms with van der Waals surface area (Å²) in [5.74, 6) is 0.00793. The number of carbonyl (C=O) groups is 1. The van der Waals surface area contributed by atoms with Gasteiger partial charge in [0.05, 0.1) is 5.25 Å². The molecule has 1 aromatic carbocycles. The van der Waals surface area contributed by atoms with E-state index in [0.717, 1.165) is 12.8 Å². The Kier molecular flexibility index (Phi) is 5.94. The molecule has 118 valence electrons. The average molecular weight is 319 g/mol. The highest BCUT2D eigenvalue weighted by Gasteiger charge is 2.19. The van der Waals surface area contributed by atoms with Gasteiger partial charge < -0.3 is 5.32 Å². The molecule has 0 aliphatic heterocycles. The summed E-state index contributed by atoms with van der Waals surface area (Å²) in [7, 11) is 1.76. The maximum absolute atomic E-state index is 12.2. The van der Waals surface area contributed by atoms with E-state index in [0.29, 0.717) is 5.16 Å². The van der Waals surface area contributed by atoms with E-state index < -0.39 is 0 Å². The highest BCUT2D eigenvalue weighted by atomic mass is 32.2. The Balaban J connectivity index is 1.77. The summed E-state index contributed by atoms with van der Waals surface area (Å²) in [4.78, 5) is 12.2. The third-order valence-electron chi connectivity index (χ3n) is 3.33. The van der Waals surface area contributed by atoms with Gasteiger partial charge in [0.15, 0.2) is 0 Å². The minimum atomic E-state index is -0.233. The molecule has 1 N–H and O–H groups in total. The molecular weight excluding hydrogens is 298 g/mol. The van der Waals surface area contributed by atoms with Crippen molar-refractivity contribution in [2.24, 2.45) is 7.05 Å². The normalized spacial score (nSPS) is 13.6. The second-order valence-corrected chi connectivity index (χ2v) is 6.59. The van der Waals surface area contributed by atoms with Crippen molar-refractivity contribution in [3.8, 4) is 0 Å². The second-order valence-electron chi connectivity index (χ2n) is 5.28. The molecular formula is C15H21N5OS. The van der Waals surface area contributed by atoms with Gasteiger partial charge in [0.1, 0.15) is 0 Å². The van der Waals surface area contributed by atoms with Crippen LogP contribution in [0.4, 0.5) is 0 Å². The molecule has 2 rings (SSSR count). The van der Waals surface area contributed by atoms with Crippen LogP contribution in [0.15, 0.2) is 35.5 Å². The number of hydrogen-bond acceptors (Lipinski definition) is 5. The van der Waals surface area contributed by atoms with Crippen LogP contribution in [0.25, 0.3) is 0 Å². The van der Waals surface area contributed by atoms with Gasteiger partial charge in [-0.25, -0.2) is 4.68 Å². The van der Waals surface area contributed by atoms with Gasteiger partial charge >= 0.3 is 0 Å². The first-order chi connectivity index (χ1) is 10.6. The lowest BCUT2D eigenvalue weighted by Gasteiger charge is -2.17. The van der Waals surface area contributed by atoms with E-state index in [2.05, 4.69) is 33.0 Å². The summed E-state index contributed by atoms with van der Waals surface area (Å²) in [6.45, 7) is 3.89. The van der Waals surface area contributed by atoms with Crippen LogP contribution in [0.1, 0.15) is 25.8 Å². The Labute approximate surface area is 134 Å². The number of hydrogen-bond donors (Lipinski definition) is 1. The molecule has 0 aliphatic rings. The van der Waals surface area contributed by atoms with E-state index in [1.807, 2.05) is 32.0 Å². The number of benzene rings is 1. The van der Waals surface area contributed by atoms with Gasteiger partial charge in [0, 0.05) is 13.1 Å². The zero-order chi connectivity index (χ0) is 15.9. The van der Waals surface area contributed by atoms with E-state index in [-0.39, 0.29) is 17.2 Å². The first-order valence-electron chi connectivity index (χ1n) is 7.29. The summed E-state index contributed by atoms with van der Waals surface area (Å²) in [5.41, 5.74) is 1.29. The molecule has 1 aromatic heterocycles. The molecule has 0 spiro atoms. The third-order valence-corrected chi connectivity index (χ3v) is 4.45. The summed E-state index contributed by atoms with van der Waals surface area (Å²) in [5, 5.41) is 14.7. The number of aryl methyl sites for hydroxylation is 2. The van der Waals surface area contributed by atoms with Crippen LogP contribution in [-0.4, -0.2) is 37.4 Å². The molecule has 2 aromatic rings. The Hall–Kier alpha value is -1.89. The fourth-order valence-electron chi connectivity index (χ4n) is 1.99. The highest BCUT2D eigenvalue weighted by molar-refractivity contribution is 8.00. The molecule has 0 bridgehead atoms. The van der Waals surface area contributed by atoms with Crippen molar-refractivity contribution < 1.29 is 4.79 Å². The molecule has 0 saturated heterocycles. The molecule has 0 saturated carbocycles. The van der Waals surface area contributed by atoms with Crippen molar-refractivity contribution >= 4 is 17.7 Å². The van der Waals surface area contributed by atoms with Crippen LogP contribution in [-0.2, 0) is 18.3 Å². The Morgan fingerprint density at radius 1 is 1.32 bits per heavy atom. The number of nitrogens with one attached hydrogen (secondary N) is 1. The molecule has 0 aliphatic carbocycles. The Morgan fingerprint density at radius 2 is 2.05 bits per heavy atom. The number of aromatic nitrogens is 4. The molecule has 22 heavy (non-hydrogen) atoms. The standard InChI is InChI=1S/C15H21N5OS/c1-11(9-10-13-7-5-4-6-8-13)16-14(21)12(2)22-15-17-18-19-20(15)3/h4-8,11-12H,9-10H2,1-3H3,(H,16,21)/t11-,12-/m0/s1. The topological polar surface area (TPSA) is 72.7 Å². The van der Waals surface area contributed by atoms with E-state index in [1.165, 1.54) is 17.3 Å². The maximum atomic E-state index is 12.2. The minimum Gasteiger partial charge on any atom is -0.353 e. The predicted molar refractivity (Wildman–Crippen MR) is 86.5 cm³/mol. The molecule has 1 heterocycles. The van der Waals surface area contributed by atoms with Crippen LogP contribution in [0, 0.1) is 0 Å². The molecule has 7 heteroatoms. The number of nitrogens with zero attached hydrogens (tertiary/aromatic N) is 4. The SMILES string of the molecule is C[C@H](Sc1nnnn1C)C(=O)N[C@@H](C)CCc1ccccc1. The fourth-order valence-corrected chi connectivity index (χ4v) is 2.76. The second kappa shape index (κ2) is 7.93. The van der Waals surface area contributed by atoms with Gasteiger partial charge in [-0.3, -0.25) is 4.79 Å². The number of amides is 1. The minimum absolute atomic E-state index is 0.00793. The summed E-state index contributed by atoms with van der Waals surface area (Å²) >= 11 is 1.36. The van der Waals surface area contributed by atoms with Crippen molar-refractivity contribution in [3.05, 3.63) is 35.9 Å². The van der Waals surface area contributed by atoms with Gasteiger partial charge in [-0.15, -0.1) is 5.10 Å². The fraction of sp³-hybridized carbons (Fsp3) is 0.467. The Morgan fingerprint density at radius 3 is 2.68 bits per heavy atom. The van der Waals surface area contributed by atoms with E-state index in [1.54, 1.807) is 11.7 Å². The monoisotopic (exact) mass is 319 g/mol. The molecule has 2 atom stereocenters. The van der Waals surface area contributed by atoms with Crippen molar-refractivity contribution in [2.45, 2.75) is 43.1 Å². The van der Waals surface area contributed by atoms with Crippen molar-refractivity contribution in [1.29, 1.82) is 0 Å². The van der Waals surface area contributed by atoms with Crippen LogP contribution in [0.5, 0.6) is 0 Å². The molecule has 6 nitrogen and oxygen atoms in total. The van der Waals surface area contributed by atoms with E-state index in [4.69, 9.17) is 0 Å². The highest BCUT2D eigenvalue weighted by Crippen LogP contribution is 2.19. The number of tetrazole rings is 1. The average Bonchev–Trinajstić information content (AvgIpc) is 2.91. The van der Waals surface area contributed by atoms with Crippen LogP contribution in [0.2, 0.25) is 0 Å². The third kappa shape index (κ3) is 4.84. The largest absolute Gasteiger partial charge is 0.353 e. The summed E-state index contributed by atoms with van der Waals surface area (Å²) < 4.78 is 1.56. The maximum Gasteiger partial charge on any atom is 0.233 e. The number of rotatable bonds is 7. The van der Waals surface area contributed by atoms with Gasteiger partial charge in [-0.2, -0.15) is 0 Å². The number of thioether (sulfide) groups is 1. The van der Waals surface area contributed by atoms with Gasteiger partial charge in [0.2, 0.25) is 11.1 Å². The van der Waals surface area contributed by atoms with Crippen molar-refractivity contribution in [3.63, 3.8) is 0 Å². The number of carbonyl (C=O) groups excluding carboxylic acids is 1. The predicted octanol–water partition coefficient (Wildman–Crippen LogP) is 1.83. The quantitative estimate of drug-likeness (QED) is 0.788. The lowest BCUT2D eigenvalue weighted by molar-refractivity contribution is -0.120. The molecule has 0 unspecified atom stereocenters. The smallest absolute Gasteiger partial charge is 0.233 e. The lowest BCUT2D eigenvalue weighted by Crippen LogP contribution is -2.38. The van der Waals surface area contributed by atoms with Crippen LogP contribution < -0.4 is 5.32 Å². The van der Waals surface area contributed by atoms with E-state index >= 15 is 0 Å². The van der Waals surface area contributed by atoms with Gasteiger partial charge in [-0.05, 0) is 42.7 Å². The van der Waals surface area contributed by atoms with Gasteiger partial charge in [0.25, 0.3) is 0 Å². The first kappa shape index (κ1) is 16.5. The molecule has 0 radical (unpaired) electrons. The molecule has 1 amide bonds. The van der Waals surface area contributed by atoms with Crippen LogP contribution >= 0.6 is 11.8 Å². The van der Waals surface area contributed by atoms with Crippen molar-refractivity contribution in [2.75, 3.05) is 0 Å². The van der Waals surface area contributed by atoms with Gasteiger partial charge in [-0.1, -0.05) is 42.1 Å². The van der Waals surface area contributed by atoms with Crippen molar-refractivity contribution in [1.82, 2.24) is 25.5 Å². The zero-order valence-electron chi connectivity index (χ0n) is 13.1. The zero-order valence-corrected chi connectivity index (χ0v) is 13.9. The van der Waals surface area contributed by atoms with E-state index in [9.17, 15) is 4.79 Å².